The number of hydrogen-bond acceptors (Lipinski definition) is 2. The highest BCUT2D eigenvalue weighted by Crippen LogP contribution is 2.13. The van der Waals surface area contributed by atoms with Crippen molar-refractivity contribution >= 4 is 17.3 Å². The van der Waals surface area contributed by atoms with Crippen LogP contribution in [0.15, 0.2) is 48.5 Å². The number of benzene rings is 2. The highest BCUT2D eigenvalue weighted by atomic mass is 19.1. The van der Waals surface area contributed by atoms with Crippen molar-refractivity contribution in [2.24, 2.45) is 0 Å². The maximum Gasteiger partial charge on any atom is 0.246 e. The van der Waals surface area contributed by atoms with Crippen molar-refractivity contribution < 1.29 is 9.18 Å². The predicted molar refractivity (Wildman–Crippen MR) is 88.6 cm³/mol. The van der Waals surface area contributed by atoms with E-state index in [0.29, 0.717) is 5.69 Å². The lowest BCUT2D eigenvalue weighted by atomic mass is 10.1. The molecule has 0 heterocycles. The second-order valence-corrected chi connectivity index (χ2v) is 5.31. The van der Waals surface area contributed by atoms with Gasteiger partial charge in [-0.3, -0.25) is 4.79 Å². The summed E-state index contributed by atoms with van der Waals surface area (Å²) in [6, 6.07) is 13.4. The van der Waals surface area contributed by atoms with Crippen LogP contribution >= 0.6 is 0 Å². The molecule has 0 unspecified atom stereocenters. The predicted octanol–water partition coefficient (Wildman–Crippen LogP) is 4.22. The lowest BCUT2D eigenvalue weighted by Crippen LogP contribution is -2.31. The maximum atomic E-state index is 12.8. The van der Waals surface area contributed by atoms with E-state index in [1.54, 1.807) is 19.1 Å². The van der Waals surface area contributed by atoms with Crippen LogP contribution in [0.3, 0.4) is 0 Å². The topological polar surface area (TPSA) is 41.1 Å². The van der Waals surface area contributed by atoms with Crippen molar-refractivity contribution in [1.29, 1.82) is 0 Å². The second-order valence-electron chi connectivity index (χ2n) is 5.31. The molecule has 4 heteroatoms. The van der Waals surface area contributed by atoms with Gasteiger partial charge in [-0.05, 0) is 55.3 Å². The molecule has 0 aliphatic rings. The molecule has 1 amide bonds. The van der Waals surface area contributed by atoms with Gasteiger partial charge in [0, 0.05) is 11.4 Å². The number of aryl methyl sites for hydroxylation is 1. The molecule has 0 aliphatic heterocycles. The van der Waals surface area contributed by atoms with Crippen LogP contribution < -0.4 is 10.6 Å². The third kappa shape index (κ3) is 4.58. The Morgan fingerprint density at radius 3 is 2.23 bits per heavy atom. The molecule has 0 fully saturated rings. The van der Waals surface area contributed by atoms with Crippen LogP contribution in [0.1, 0.15) is 25.8 Å². The van der Waals surface area contributed by atoms with E-state index in [2.05, 4.69) is 29.7 Å². The fourth-order valence-corrected chi connectivity index (χ4v) is 2.16. The van der Waals surface area contributed by atoms with Gasteiger partial charge in [0.05, 0.1) is 0 Å². The highest BCUT2D eigenvalue weighted by molar-refractivity contribution is 5.96. The van der Waals surface area contributed by atoms with Crippen molar-refractivity contribution in [2.45, 2.75) is 32.7 Å². The number of rotatable bonds is 6. The number of hydrogen-bond donors (Lipinski definition) is 2. The largest absolute Gasteiger partial charge is 0.374 e. The Kier molecular flexibility index (Phi) is 5.53. The summed E-state index contributed by atoms with van der Waals surface area (Å²) in [5, 5.41) is 5.91. The fourth-order valence-electron chi connectivity index (χ4n) is 2.16. The molecule has 116 valence electrons. The SMILES string of the molecule is CCCc1ccc(N[C@H](C)C(=O)Nc2ccc(F)cc2)cc1. The van der Waals surface area contributed by atoms with E-state index in [1.165, 1.54) is 17.7 Å². The van der Waals surface area contributed by atoms with Crippen LogP contribution in [0, 0.1) is 5.82 Å². The van der Waals surface area contributed by atoms with Gasteiger partial charge < -0.3 is 10.6 Å². The van der Waals surface area contributed by atoms with E-state index in [0.717, 1.165) is 18.5 Å². The molecule has 2 rings (SSSR count). The Bertz CT molecular complexity index is 608. The number of anilines is 2. The molecule has 0 radical (unpaired) electrons. The summed E-state index contributed by atoms with van der Waals surface area (Å²) in [7, 11) is 0. The highest BCUT2D eigenvalue weighted by Gasteiger charge is 2.12. The molecule has 22 heavy (non-hydrogen) atoms. The van der Waals surface area contributed by atoms with Gasteiger partial charge in [-0.15, -0.1) is 0 Å². The Balaban J connectivity index is 1.91. The zero-order valence-electron chi connectivity index (χ0n) is 12.9. The first kappa shape index (κ1) is 16.0. The number of amides is 1. The zero-order valence-corrected chi connectivity index (χ0v) is 12.9. The fraction of sp³-hybridized carbons (Fsp3) is 0.278. The Hall–Kier alpha value is -2.36. The molecule has 0 bridgehead atoms. The quantitative estimate of drug-likeness (QED) is 0.838. The second kappa shape index (κ2) is 7.59. The summed E-state index contributed by atoms with van der Waals surface area (Å²) in [5.74, 6) is -0.486. The first-order valence-corrected chi connectivity index (χ1v) is 7.50. The molecule has 0 aliphatic carbocycles. The summed E-state index contributed by atoms with van der Waals surface area (Å²) in [6.45, 7) is 3.94. The zero-order chi connectivity index (χ0) is 15.9. The minimum Gasteiger partial charge on any atom is -0.374 e. The monoisotopic (exact) mass is 300 g/mol. The van der Waals surface area contributed by atoms with Gasteiger partial charge >= 0.3 is 0 Å². The van der Waals surface area contributed by atoms with Crippen LogP contribution in [-0.4, -0.2) is 11.9 Å². The number of carbonyl (C=O) groups is 1. The van der Waals surface area contributed by atoms with Gasteiger partial charge in [0.25, 0.3) is 0 Å². The standard InChI is InChI=1S/C18H21FN2O/c1-3-4-14-5-9-16(10-6-14)20-13(2)18(22)21-17-11-7-15(19)8-12-17/h5-13,20H,3-4H2,1-2H3,(H,21,22)/t13-/m1/s1. The third-order valence-electron chi connectivity index (χ3n) is 3.38. The van der Waals surface area contributed by atoms with Crippen molar-refractivity contribution in [1.82, 2.24) is 0 Å². The summed E-state index contributed by atoms with van der Waals surface area (Å²) in [6.07, 6.45) is 2.17. The lowest BCUT2D eigenvalue weighted by molar-refractivity contribution is -0.116. The third-order valence-corrected chi connectivity index (χ3v) is 3.38. The molecule has 0 aromatic heterocycles. The van der Waals surface area contributed by atoms with Gasteiger partial charge in [-0.25, -0.2) is 4.39 Å². The van der Waals surface area contributed by atoms with Gasteiger partial charge in [0.2, 0.25) is 5.91 Å². The molecule has 2 aromatic carbocycles. The Labute approximate surface area is 130 Å². The van der Waals surface area contributed by atoms with E-state index in [1.807, 2.05) is 12.1 Å². The van der Waals surface area contributed by atoms with Crippen molar-refractivity contribution in [3.63, 3.8) is 0 Å². The normalized spacial score (nSPS) is 11.8. The number of carbonyl (C=O) groups excluding carboxylic acids is 1. The van der Waals surface area contributed by atoms with Crippen molar-refractivity contribution in [2.75, 3.05) is 10.6 Å². The van der Waals surface area contributed by atoms with Crippen molar-refractivity contribution in [3.8, 4) is 0 Å². The summed E-state index contributed by atoms with van der Waals surface area (Å²) >= 11 is 0. The molecule has 3 nitrogen and oxygen atoms in total. The van der Waals surface area contributed by atoms with E-state index >= 15 is 0 Å². The van der Waals surface area contributed by atoms with Crippen LogP contribution in [0.5, 0.6) is 0 Å². The van der Waals surface area contributed by atoms with E-state index in [4.69, 9.17) is 0 Å². The average Bonchev–Trinajstić information content (AvgIpc) is 2.51. The van der Waals surface area contributed by atoms with Crippen LogP contribution in [0.2, 0.25) is 0 Å². The maximum absolute atomic E-state index is 12.8. The van der Waals surface area contributed by atoms with Gasteiger partial charge in [0.15, 0.2) is 0 Å². The van der Waals surface area contributed by atoms with Gasteiger partial charge in [0.1, 0.15) is 11.9 Å². The number of nitrogens with one attached hydrogen (secondary N) is 2. The smallest absolute Gasteiger partial charge is 0.246 e. The number of halogens is 1. The summed E-state index contributed by atoms with van der Waals surface area (Å²) < 4.78 is 12.8. The van der Waals surface area contributed by atoms with E-state index < -0.39 is 0 Å². The first-order valence-electron chi connectivity index (χ1n) is 7.50. The molecular formula is C18H21FN2O. The van der Waals surface area contributed by atoms with Gasteiger partial charge in [-0.1, -0.05) is 25.5 Å². The van der Waals surface area contributed by atoms with Crippen LogP contribution in [-0.2, 0) is 11.2 Å². The minimum absolute atomic E-state index is 0.163. The van der Waals surface area contributed by atoms with Crippen molar-refractivity contribution in [3.05, 3.63) is 59.9 Å². The molecule has 2 aromatic rings. The minimum atomic E-state index is -0.387. The molecule has 0 spiro atoms. The first-order chi connectivity index (χ1) is 10.6. The average molecular weight is 300 g/mol. The van der Waals surface area contributed by atoms with E-state index in [9.17, 15) is 9.18 Å². The summed E-state index contributed by atoms with van der Waals surface area (Å²) in [4.78, 5) is 12.1. The van der Waals surface area contributed by atoms with Gasteiger partial charge in [-0.2, -0.15) is 0 Å². The molecular weight excluding hydrogens is 279 g/mol. The van der Waals surface area contributed by atoms with Crippen LogP contribution in [0.25, 0.3) is 0 Å². The molecule has 0 saturated carbocycles. The Morgan fingerprint density at radius 2 is 1.64 bits per heavy atom. The van der Waals surface area contributed by atoms with Crippen LogP contribution in [0.4, 0.5) is 15.8 Å². The Morgan fingerprint density at radius 1 is 1.05 bits per heavy atom. The molecule has 1 atom stereocenters. The molecule has 0 saturated heterocycles. The molecule has 2 N–H and O–H groups in total. The lowest BCUT2D eigenvalue weighted by Gasteiger charge is -2.15. The summed E-state index contributed by atoms with van der Waals surface area (Å²) in [5.41, 5.74) is 2.77. The van der Waals surface area contributed by atoms with E-state index in [-0.39, 0.29) is 17.8 Å².